The van der Waals surface area contributed by atoms with Gasteiger partial charge in [0.05, 0.1) is 28.4 Å². The number of rotatable bonds is 5. The van der Waals surface area contributed by atoms with Gasteiger partial charge in [-0.15, -0.1) is 0 Å². The topological polar surface area (TPSA) is 104 Å². The van der Waals surface area contributed by atoms with Gasteiger partial charge in [-0.3, -0.25) is 4.79 Å². The lowest BCUT2D eigenvalue weighted by atomic mass is 10.0. The highest BCUT2D eigenvalue weighted by Gasteiger charge is 2.27. The van der Waals surface area contributed by atoms with E-state index < -0.39 is 11.9 Å². The van der Waals surface area contributed by atoms with Gasteiger partial charge < -0.3 is 19.7 Å². The number of ether oxygens (including phenoxy) is 1. The summed E-state index contributed by atoms with van der Waals surface area (Å²) < 4.78 is 8.18. The Kier molecular flexibility index (Phi) is 5.04. The number of hydrogen-bond donors (Lipinski definition) is 2. The van der Waals surface area contributed by atoms with Crippen LogP contribution in [0.5, 0.6) is 5.75 Å². The van der Waals surface area contributed by atoms with E-state index >= 15 is 0 Å². The van der Waals surface area contributed by atoms with Crippen molar-refractivity contribution in [3.63, 3.8) is 0 Å². The first-order valence-electron chi connectivity index (χ1n) is 10.5. The van der Waals surface area contributed by atoms with Crippen molar-refractivity contribution in [1.29, 1.82) is 5.26 Å². The third-order valence-corrected chi connectivity index (χ3v) is 5.79. The molecule has 1 unspecified atom stereocenters. The van der Waals surface area contributed by atoms with Crippen LogP contribution in [0.4, 0.5) is 5.69 Å². The summed E-state index contributed by atoms with van der Waals surface area (Å²) >= 11 is 0. The molecule has 7 nitrogen and oxygen atoms in total. The zero-order chi connectivity index (χ0) is 22.9. The van der Waals surface area contributed by atoms with Crippen molar-refractivity contribution >= 4 is 28.5 Å². The number of nitrogens with one attached hydrogen (secondary N) is 1. The zero-order valence-corrected chi connectivity index (χ0v) is 17.5. The van der Waals surface area contributed by atoms with Crippen molar-refractivity contribution in [3.8, 4) is 11.8 Å². The number of nitriles is 1. The molecular formula is C26H19N3O4. The summed E-state index contributed by atoms with van der Waals surface area (Å²) in [6.45, 7) is 0.583. The maximum Gasteiger partial charge on any atom is 0.337 e. The van der Waals surface area contributed by atoms with Gasteiger partial charge in [0.15, 0.2) is 0 Å². The van der Waals surface area contributed by atoms with Crippen molar-refractivity contribution in [1.82, 2.24) is 4.57 Å². The average molecular weight is 437 g/mol. The molecule has 0 saturated carbocycles. The molecule has 5 rings (SSSR count). The Morgan fingerprint density at radius 2 is 1.88 bits per heavy atom. The van der Waals surface area contributed by atoms with Gasteiger partial charge in [-0.25, -0.2) is 4.79 Å². The van der Waals surface area contributed by atoms with Gasteiger partial charge in [0.1, 0.15) is 17.5 Å². The van der Waals surface area contributed by atoms with Crippen LogP contribution in [0.2, 0.25) is 0 Å². The minimum atomic E-state index is -1.22. The van der Waals surface area contributed by atoms with Gasteiger partial charge in [-0.1, -0.05) is 36.4 Å². The van der Waals surface area contributed by atoms with Crippen LogP contribution in [-0.4, -0.2) is 21.6 Å². The summed E-state index contributed by atoms with van der Waals surface area (Å²) in [5.74, 6) is -0.835. The van der Waals surface area contributed by atoms with E-state index in [1.165, 1.54) is 18.2 Å². The largest absolute Gasteiger partial charge is 0.486 e. The average Bonchev–Trinajstić information content (AvgIpc) is 3.22. The monoisotopic (exact) mass is 437 g/mol. The number of anilines is 1. The summed E-state index contributed by atoms with van der Waals surface area (Å²) in [6, 6.07) is 23.4. The molecule has 7 heteroatoms. The van der Waals surface area contributed by atoms with E-state index in [0.717, 1.165) is 22.2 Å². The van der Waals surface area contributed by atoms with Crippen molar-refractivity contribution in [3.05, 3.63) is 95.2 Å². The number of carboxylic acids is 1. The predicted octanol–water partition coefficient (Wildman–Crippen LogP) is 4.99. The van der Waals surface area contributed by atoms with Crippen molar-refractivity contribution < 1.29 is 19.4 Å². The number of aryl methyl sites for hydroxylation is 1. The highest BCUT2D eigenvalue weighted by molar-refractivity contribution is 6.09. The smallest absolute Gasteiger partial charge is 0.337 e. The fraction of sp³-hybridized carbons (Fsp3) is 0.115. The molecule has 0 saturated heterocycles. The second-order valence-corrected chi connectivity index (χ2v) is 7.81. The molecule has 1 aliphatic rings. The minimum absolute atomic E-state index is 0.130. The van der Waals surface area contributed by atoms with Crippen LogP contribution >= 0.6 is 0 Å². The van der Waals surface area contributed by atoms with Crippen LogP contribution in [-0.2, 0) is 6.54 Å². The van der Waals surface area contributed by atoms with Crippen LogP contribution in [0.3, 0.4) is 0 Å². The standard InChI is InChI=1S/C26H19N3O4/c27-15-16-9-10-21(20(13-16)26(31)32)28-25(30)22-14-17-5-4-8-19-23(11-12-29(22)24(17)19)33-18-6-2-1-3-7-18/h1-10,13-14,23H,11-12H2,(H,28,30)(H,31,32). The highest BCUT2D eigenvalue weighted by atomic mass is 16.5. The molecule has 4 aromatic rings. The molecule has 1 aliphatic heterocycles. The molecule has 1 aromatic heterocycles. The summed E-state index contributed by atoms with van der Waals surface area (Å²) in [4.78, 5) is 24.8. The van der Waals surface area contributed by atoms with Gasteiger partial charge in [0.25, 0.3) is 5.91 Å². The van der Waals surface area contributed by atoms with Crippen LogP contribution in [0, 0.1) is 11.3 Å². The molecule has 0 fully saturated rings. The Balaban J connectivity index is 1.50. The first-order valence-corrected chi connectivity index (χ1v) is 10.5. The highest BCUT2D eigenvalue weighted by Crippen LogP contribution is 2.37. The molecule has 162 valence electrons. The Labute approximate surface area is 189 Å². The van der Waals surface area contributed by atoms with Crippen molar-refractivity contribution in [2.24, 2.45) is 0 Å². The molecule has 1 amide bonds. The third kappa shape index (κ3) is 3.68. The number of aromatic carboxylic acids is 1. The Bertz CT molecular complexity index is 1430. The number of benzene rings is 3. The number of nitrogens with zero attached hydrogens (tertiary/aromatic N) is 2. The first-order chi connectivity index (χ1) is 16.0. The van der Waals surface area contributed by atoms with E-state index in [9.17, 15) is 14.7 Å². The first kappa shape index (κ1) is 20.3. The molecule has 33 heavy (non-hydrogen) atoms. The second-order valence-electron chi connectivity index (χ2n) is 7.81. The second kappa shape index (κ2) is 8.17. The van der Waals surface area contributed by atoms with Crippen LogP contribution in [0.25, 0.3) is 10.9 Å². The number of aromatic nitrogens is 1. The molecule has 3 aromatic carbocycles. The number of amides is 1. The summed E-state index contributed by atoms with van der Waals surface area (Å²) in [5.41, 5.74) is 2.61. The molecule has 0 radical (unpaired) electrons. The number of hydrogen-bond acceptors (Lipinski definition) is 4. The number of carbonyl (C=O) groups excluding carboxylic acids is 1. The molecule has 0 aliphatic carbocycles. The van der Waals surface area contributed by atoms with E-state index in [1.54, 1.807) is 0 Å². The lowest BCUT2D eigenvalue weighted by Gasteiger charge is -2.27. The molecule has 2 heterocycles. The van der Waals surface area contributed by atoms with E-state index in [0.29, 0.717) is 18.7 Å². The fourth-order valence-electron chi connectivity index (χ4n) is 4.31. The lowest BCUT2D eigenvalue weighted by molar-refractivity contribution is 0.0698. The maximum absolute atomic E-state index is 13.2. The van der Waals surface area contributed by atoms with Gasteiger partial charge >= 0.3 is 5.97 Å². The summed E-state index contributed by atoms with van der Waals surface area (Å²) in [5, 5.41) is 22.2. The minimum Gasteiger partial charge on any atom is -0.486 e. The number of carboxylic acid groups (broad SMARTS) is 1. The van der Waals surface area contributed by atoms with E-state index in [1.807, 2.05) is 65.2 Å². The van der Waals surface area contributed by atoms with Crippen molar-refractivity contribution in [2.75, 3.05) is 5.32 Å². The van der Waals surface area contributed by atoms with Crippen LogP contribution < -0.4 is 10.1 Å². The molecule has 2 N–H and O–H groups in total. The number of para-hydroxylation sites is 2. The van der Waals surface area contributed by atoms with Gasteiger partial charge in [0, 0.05) is 23.9 Å². The third-order valence-electron chi connectivity index (χ3n) is 5.79. The Morgan fingerprint density at radius 1 is 1.06 bits per heavy atom. The van der Waals surface area contributed by atoms with E-state index in [2.05, 4.69) is 5.32 Å². The van der Waals surface area contributed by atoms with Crippen LogP contribution in [0.1, 0.15) is 44.5 Å². The summed E-state index contributed by atoms with van der Waals surface area (Å²) in [6.07, 6.45) is 0.555. The van der Waals surface area contributed by atoms with Gasteiger partial charge in [-0.05, 0) is 36.4 Å². The summed E-state index contributed by atoms with van der Waals surface area (Å²) in [7, 11) is 0. The molecule has 0 spiro atoms. The van der Waals surface area contributed by atoms with Gasteiger partial charge in [-0.2, -0.15) is 5.26 Å². The molecule has 0 bridgehead atoms. The predicted molar refractivity (Wildman–Crippen MR) is 122 cm³/mol. The molecule has 1 atom stereocenters. The normalized spacial score (nSPS) is 14.5. The lowest BCUT2D eigenvalue weighted by Crippen LogP contribution is -2.23. The zero-order valence-electron chi connectivity index (χ0n) is 17.5. The van der Waals surface area contributed by atoms with Gasteiger partial charge in [0.2, 0.25) is 0 Å². The van der Waals surface area contributed by atoms with E-state index in [-0.39, 0.29) is 22.9 Å². The Morgan fingerprint density at radius 3 is 2.64 bits per heavy atom. The number of carbonyl (C=O) groups is 2. The van der Waals surface area contributed by atoms with Crippen LogP contribution in [0.15, 0.2) is 72.8 Å². The van der Waals surface area contributed by atoms with Crippen molar-refractivity contribution in [2.45, 2.75) is 19.1 Å². The quantitative estimate of drug-likeness (QED) is 0.458. The fourth-order valence-corrected chi connectivity index (χ4v) is 4.31. The Hall–Kier alpha value is -4.57. The molecular weight excluding hydrogens is 418 g/mol. The SMILES string of the molecule is N#Cc1ccc(NC(=O)c2cc3cccc4c3n2CCC4Oc2ccccc2)c(C(=O)O)c1. The van der Waals surface area contributed by atoms with E-state index in [4.69, 9.17) is 10.00 Å². The maximum atomic E-state index is 13.2.